The van der Waals surface area contributed by atoms with Gasteiger partial charge in [-0.3, -0.25) is 14.4 Å². The van der Waals surface area contributed by atoms with E-state index >= 15 is 0 Å². The van der Waals surface area contributed by atoms with E-state index in [1.165, 1.54) is 0 Å². The summed E-state index contributed by atoms with van der Waals surface area (Å²) in [6.07, 6.45) is 3.62. The van der Waals surface area contributed by atoms with E-state index in [4.69, 9.17) is 9.47 Å². The number of alkyl carbamates (subject to hydrolysis) is 1. The number of nitrogens with one attached hydrogen (secondary N) is 2. The second-order valence-corrected chi connectivity index (χ2v) is 11.6. The molecule has 0 aromatic heterocycles. The SMILES string of the molecule is CCCCCCN(C(=O)C(NC(=O)OC(C)(C)C)C(C)CC)C(C(=O)NCCC(=O)OCC)c1cccc(C)c1C. The number of benzene rings is 1. The van der Waals surface area contributed by atoms with Crippen molar-refractivity contribution in [3.05, 3.63) is 34.9 Å². The Balaban J connectivity index is 3.55. The highest BCUT2D eigenvalue weighted by molar-refractivity contribution is 5.92. The van der Waals surface area contributed by atoms with Gasteiger partial charge in [-0.25, -0.2) is 4.79 Å². The van der Waals surface area contributed by atoms with Crippen molar-refractivity contribution < 1.29 is 28.7 Å². The maximum atomic E-state index is 14.4. The van der Waals surface area contributed by atoms with Crippen molar-refractivity contribution in [3.63, 3.8) is 0 Å². The average Bonchev–Trinajstić information content (AvgIpc) is 2.89. The van der Waals surface area contributed by atoms with Gasteiger partial charge in [0.1, 0.15) is 17.7 Å². The largest absolute Gasteiger partial charge is 0.466 e. The van der Waals surface area contributed by atoms with Crippen LogP contribution in [0, 0.1) is 19.8 Å². The molecule has 0 spiro atoms. The zero-order chi connectivity index (χ0) is 31.2. The van der Waals surface area contributed by atoms with Crippen LogP contribution in [0.15, 0.2) is 18.2 Å². The van der Waals surface area contributed by atoms with E-state index in [0.29, 0.717) is 24.9 Å². The molecule has 0 fully saturated rings. The number of rotatable bonds is 16. The first-order chi connectivity index (χ1) is 19.3. The van der Waals surface area contributed by atoms with Gasteiger partial charge >= 0.3 is 12.1 Å². The molecule has 1 aromatic carbocycles. The molecule has 0 bridgehead atoms. The molecular formula is C32H53N3O6. The van der Waals surface area contributed by atoms with Crippen molar-refractivity contribution >= 4 is 23.9 Å². The van der Waals surface area contributed by atoms with Crippen molar-refractivity contribution in [2.24, 2.45) is 5.92 Å². The van der Waals surface area contributed by atoms with Crippen LogP contribution >= 0.6 is 0 Å². The number of esters is 1. The summed E-state index contributed by atoms with van der Waals surface area (Å²) in [5, 5.41) is 5.67. The van der Waals surface area contributed by atoms with Gasteiger partial charge in [-0.1, -0.05) is 64.7 Å². The number of hydrogen-bond donors (Lipinski definition) is 2. The van der Waals surface area contributed by atoms with Crippen molar-refractivity contribution in [1.29, 1.82) is 0 Å². The van der Waals surface area contributed by atoms with Gasteiger partial charge in [0.25, 0.3) is 0 Å². The number of amides is 3. The molecule has 0 saturated heterocycles. The van der Waals surface area contributed by atoms with E-state index in [1.807, 2.05) is 45.9 Å². The molecule has 232 valence electrons. The minimum Gasteiger partial charge on any atom is -0.466 e. The van der Waals surface area contributed by atoms with Gasteiger partial charge in [0.2, 0.25) is 11.8 Å². The minimum atomic E-state index is -0.946. The second kappa shape index (κ2) is 17.7. The summed E-state index contributed by atoms with van der Waals surface area (Å²) in [7, 11) is 0. The molecule has 9 heteroatoms. The van der Waals surface area contributed by atoms with Crippen LogP contribution in [0.3, 0.4) is 0 Å². The molecule has 41 heavy (non-hydrogen) atoms. The van der Waals surface area contributed by atoms with Gasteiger partial charge in [0.05, 0.1) is 13.0 Å². The fraction of sp³-hybridized carbons (Fsp3) is 0.688. The number of nitrogens with zero attached hydrogens (tertiary/aromatic N) is 1. The molecule has 0 aliphatic carbocycles. The molecule has 3 atom stereocenters. The van der Waals surface area contributed by atoms with Crippen LogP contribution in [0.4, 0.5) is 4.79 Å². The third-order valence-corrected chi connectivity index (χ3v) is 7.12. The zero-order valence-corrected chi connectivity index (χ0v) is 26.7. The summed E-state index contributed by atoms with van der Waals surface area (Å²) < 4.78 is 10.5. The molecular weight excluding hydrogens is 522 g/mol. The molecule has 0 aliphatic rings. The lowest BCUT2D eigenvalue weighted by Gasteiger charge is -2.36. The molecule has 0 radical (unpaired) electrons. The first-order valence-corrected chi connectivity index (χ1v) is 15.1. The Bertz CT molecular complexity index is 1000. The molecule has 3 amide bonds. The Morgan fingerprint density at radius 2 is 1.68 bits per heavy atom. The van der Waals surface area contributed by atoms with E-state index in [-0.39, 0.29) is 37.3 Å². The van der Waals surface area contributed by atoms with E-state index in [0.717, 1.165) is 30.4 Å². The highest BCUT2D eigenvalue weighted by Gasteiger charge is 2.38. The number of aryl methyl sites for hydroxylation is 1. The summed E-state index contributed by atoms with van der Waals surface area (Å²) in [4.78, 5) is 54.6. The zero-order valence-electron chi connectivity index (χ0n) is 26.7. The molecule has 1 aromatic rings. The normalized spacial score (nSPS) is 13.5. The summed E-state index contributed by atoms with van der Waals surface area (Å²) in [5.41, 5.74) is 1.88. The Morgan fingerprint density at radius 3 is 2.27 bits per heavy atom. The van der Waals surface area contributed by atoms with Gasteiger partial charge in [-0.2, -0.15) is 0 Å². The highest BCUT2D eigenvalue weighted by atomic mass is 16.6. The lowest BCUT2D eigenvalue weighted by molar-refractivity contribution is -0.145. The van der Waals surface area contributed by atoms with Crippen LogP contribution in [-0.2, 0) is 23.9 Å². The van der Waals surface area contributed by atoms with Crippen molar-refractivity contribution in [2.45, 2.75) is 119 Å². The number of ether oxygens (including phenoxy) is 2. The molecule has 0 heterocycles. The molecule has 0 saturated carbocycles. The highest BCUT2D eigenvalue weighted by Crippen LogP contribution is 2.29. The van der Waals surface area contributed by atoms with Gasteiger partial charge in [0.15, 0.2) is 0 Å². The number of unbranched alkanes of at least 4 members (excludes halogenated alkanes) is 3. The van der Waals surface area contributed by atoms with Crippen molar-refractivity contribution in [1.82, 2.24) is 15.5 Å². The van der Waals surface area contributed by atoms with E-state index < -0.39 is 29.7 Å². The molecule has 9 nitrogen and oxygen atoms in total. The summed E-state index contributed by atoms with van der Waals surface area (Å²) in [6, 6.07) is 3.87. The number of carbonyl (C=O) groups excluding carboxylic acids is 4. The monoisotopic (exact) mass is 575 g/mol. The third kappa shape index (κ3) is 12.1. The van der Waals surface area contributed by atoms with Crippen LogP contribution in [0.2, 0.25) is 0 Å². The van der Waals surface area contributed by atoms with E-state index in [1.54, 1.807) is 32.6 Å². The van der Waals surface area contributed by atoms with Gasteiger partial charge in [-0.15, -0.1) is 0 Å². The third-order valence-electron chi connectivity index (χ3n) is 7.12. The Labute approximate surface area is 247 Å². The van der Waals surface area contributed by atoms with Gasteiger partial charge in [-0.05, 0) is 70.6 Å². The van der Waals surface area contributed by atoms with E-state index in [9.17, 15) is 19.2 Å². The smallest absolute Gasteiger partial charge is 0.408 e. The minimum absolute atomic E-state index is 0.0270. The van der Waals surface area contributed by atoms with Crippen LogP contribution in [0.1, 0.15) is 110 Å². The Hall–Kier alpha value is -3.10. The predicted molar refractivity (Wildman–Crippen MR) is 161 cm³/mol. The summed E-state index contributed by atoms with van der Waals surface area (Å²) in [5.74, 6) is -1.33. The first kappa shape index (κ1) is 35.9. The Morgan fingerprint density at radius 1 is 1.00 bits per heavy atom. The van der Waals surface area contributed by atoms with Gasteiger partial charge < -0.3 is 25.0 Å². The second-order valence-electron chi connectivity index (χ2n) is 11.6. The predicted octanol–water partition coefficient (Wildman–Crippen LogP) is 5.76. The molecule has 1 rings (SSSR count). The fourth-order valence-electron chi connectivity index (χ4n) is 4.51. The van der Waals surface area contributed by atoms with Crippen LogP contribution in [0.25, 0.3) is 0 Å². The number of hydrogen-bond acceptors (Lipinski definition) is 6. The first-order valence-electron chi connectivity index (χ1n) is 15.1. The maximum absolute atomic E-state index is 14.4. The molecule has 3 unspecified atom stereocenters. The molecule has 0 aliphatic heterocycles. The topological polar surface area (TPSA) is 114 Å². The summed E-state index contributed by atoms with van der Waals surface area (Å²) >= 11 is 0. The summed E-state index contributed by atoms with van der Waals surface area (Å²) in [6.45, 7) is 17.6. The lowest BCUT2D eigenvalue weighted by atomic mass is 9.92. The lowest BCUT2D eigenvalue weighted by Crippen LogP contribution is -2.55. The fourth-order valence-corrected chi connectivity index (χ4v) is 4.51. The van der Waals surface area contributed by atoms with Crippen LogP contribution < -0.4 is 10.6 Å². The van der Waals surface area contributed by atoms with Crippen molar-refractivity contribution in [3.8, 4) is 0 Å². The van der Waals surface area contributed by atoms with Crippen LogP contribution in [-0.4, -0.2) is 60.1 Å². The Kier molecular flexibility index (Phi) is 15.5. The quantitative estimate of drug-likeness (QED) is 0.191. The van der Waals surface area contributed by atoms with Crippen LogP contribution in [0.5, 0.6) is 0 Å². The van der Waals surface area contributed by atoms with E-state index in [2.05, 4.69) is 17.6 Å². The standard InChI is InChI=1S/C32H53N3O6/c1-10-13-14-15-21-35(30(38)27(22(4)11-2)34-31(39)41-32(7,8)9)28(25-18-16-17-23(5)24(25)6)29(37)33-20-19-26(36)40-12-3/h16-18,22,27-28H,10-15,19-21H2,1-9H3,(H,33,37)(H,34,39). The number of carbonyl (C=O) groups is 4. The van der Waals surface area contributed by atoms with Crippen molar-refractivity contribution in [2.75, 3.05) is 19.7 Å². The van der Waals surface area contributed by atoms with Gasteiger partial charge in [0, 0.05) is 13.1 Å². The average molecular weight is 576 g/mol. The molecule has 2 N–H and O–H groups in total. The maximum Gasteiger partial charge on any atom is 0.408 e.